The van der Waals surface area contributed by atoms with Crippen molar-refractivity contribution in [2.45, 2.75) is 31.7 Å². The molecule has 3 N–H and O–H groups in total. The van der Waals surface area contributed by atoms with Gasteiger partial charge in [0.15, 0.2) is 0 Å². The first-order valence-corrected chi connectivity index (χ1v) is 7.02. The molecule has 2 bridgehead atoms. The van der Waals surface area contributed by atoms with Gasteiger partial charge < -0.3 is 15.8 Å². The first-order valence-electron chi connectivity index (χ1n) is 7.02. The minimum absolute atomic E-state index is 0.104. The lowest BCUT2D eigenvalue weighted by Crippen LogP contribution is -2.26. The third-order valence-corrected chi connectivity index (χ3v) is 4.62. The van der Waals surface area contributed by atoms with E-state index < -0.39 is 11.8 Å². The molecule has 0 spiro atoms. The fraction of sp³-hybridized carbons (Fsp3) is 0.533. The molecular formula is C15H19FN2O2. The standard InChI is InChI=1S/C15H19FN2O2/c1-20-15(19)10-6-14(11(16)7-12(10)17)18-13-5-8-2-3-9(13)4-8/h6-9,13,18H,2-5,17H2,1H3. The molecule has 2 saturated carbocycles. The van der Waals surface area contributed by atoms with Crippen molar-refractivity contribution in [3.05, 3.63) is 23.5 Å². The number of esters is 1. The van der Waals surface area contributed by atoms with E-state index >= 15 is 0 Å². The van der Waals surface area contributed by atoms with E-state index in [1.165, 1.54) is 38.5 Å². The predicted molar refractivity (Wildman–Crippen MR) is 75.0 cm³/mol. The van der Waals surface area contributed by atoms with Crippen LogP contribution in [0.15, 0.2) is 12.1 Å². The second-order valence-corrected chi connectivity index (χ2v) is 5.84. The predicted octanol–water partition coefficient (Wildman–Crippen LogP) is 2.79. The Morgan fingerprint density at radius 1 is 1.40 bits per heavy atom. The highest BCUT2D eigenvalue weighted by Crippen LogP contribution is 2.45. The van der Waals surface area contributed by atoms with Crippen LogP contribution in [0.25, 0.3) is 0 Å². The molecule has 0 aliphatic heterocycles. The molecule has 1 aromatic carbocycles. The topological polar surface area (TPSA) is 64.3 Å². The van der Waals surface area contributed by atoms with Gasteiger partial charge in [-0.2, -0.15) is 0 Å². The molecule has 4 nitrogen and oxygen atoms in total. The summed E-state index contributed by atoms with van der Waals surface area (Å²) in [6.07, 6.45) is 4.82. The van der Waals surface area contributed by atoms with Crippen LogP contribution in [-0.4, -0.2) is 19.1 Å². The van der Waals surface area contributed by atoms with Crippen molar-refractivity contribution in [2.75, 3.05) is 18.2 Å². The number of hydrogen-bond donors (Lipinski definition) is 2. The molecule has 3 atom stereocenters. The van der Waals surface area contributed by atoms with Gasteiger partial charge in [-0.05, 0) is 43.2 Å². The Kier molecular flexibility index (Phi) is 3.28. The van der Waals surface area contributed by atoms with Gasteiger partial charge >= 0.3 is 5.97 Å². The second kappa shape index (κ2) is 4.96. The molecule has 2 aliphatic rings. The zero-order valence-corrected chi connectivity index (χ0v) is 11.5. The van der Waals surface area contributed by atoms with Crippen LogP contribution in [-0.2, 0) is 4.74 Å². The summed E-state index contributed by atoms with van der Waals surface area (Å²) in [4.78, 5) is 11.6. The van der Waals surface area contributed by atoms with Crippen molar-refractivity contribution in [3.63, 3.8) is 0 Å². The summed E-state index contributed by atoms with van der Waals surface area (Å²) in [5.74, 6) is 0.435. The number of halogens is 1. The highest BCUT2D eigenvalue weighted by atomic mass is 19.1. The van der Waals surface area contributed by atoms with Gasteiger partial charge in [0.2, 0.25) is 0 Å². The van der Waals surface area contributed by atoms with Gasteiger partial charge in [0.25, 0.3) is 0 Å². The lowest BCUT2D eigenvalue weighted by Gasteiger charge is -2.24. The SMILES string of the molecule is COC(=O)c1cc(NC2CC3CCC2C3)c(F)cc1N. The molecule has 3 rings (SSSR count). The third kappa shape index (κ3) is 2.21. The van der Waals surface area contributed by atoms with Gasteiger partial charge in [-0.3, -0.25) is 0 Å². The van der Waals surface area contributed by atoms with Crippen LogP contribution in [0.3, 0.4) is 0 Å². The normalized spacial score (nSPS) is 27.6. The average Bonchev–Trinajstić information content (AvgIpc) is 3.03. The fourth-order valence-corrected chi connectivity index (χ4v) is 3.61. The van der Waals surface area contributed by atoms with Crippen LogP contribution in [0.4, 0.5) is 15.8 Å². The van der Waals surface area contributed by atoms with Gasteiger partial charge in [0.1, 0.15) is 5.82 Å². The third-order valence-electron chi connectivity index (χ3n) is 4.62. The zero-order valence-electron chi connectivity index (χ0n) is 11.5. The number of carbonyl (C=O) groups is 1. The van der Waals surface area contributed by atoms with Gasteiger partial charge in [0.05, 0.1) is 18.4 Å². The first kappa shape index (κ1) is 13.2. The molecule has 5 heteroatoms. The Morgan fingerprint density at radius 2 is 2.20 bits per heavy atom. The maximum absolute atomic E-state index is 14.0. The number of rotatable bonds is 3. The van der Waals surface area contributed by atoms with Crippen molar-refractivity contribution >= 4 is 17.3 Å². The molecule has 108 valence electrons. The number of fused-ring (bicyclic) bond motifs is 2. The van der Waals surface area contributed by atoms with Gasteiger partial charge in [0, 0.05) is 11.7 Å². The lowest BCUT2D eigenvalue weighted by molar-refractivity contribution is 0.0602. The quantitative estimate of drug-likeness (QED) is 0.659. The number of nitrogens with two attached hydrogens (primary N) is 1. The minimum atomic E-state index is -0.543. The first-order chi connectivity index (χ1) is 9.58. The van der Waals surface area contributed by atoms with Crippen LogP contribution in [0.2, 0.25) is 0 Å². The van der Waals surface area contributed by atoms with Crippen molar-refractivity contribution in [2.24, 2.45) is 11.8 Å². The fourth-order valence-electron chi connectivity index (χ4n) is 3.61. The molecule has 0 aromatic heterocycles. The Hall–Kier alpha value is -1.78. The summed E-state index contributed by atoms with van der Waals surface area (Å²) in [6, 6.07) is 2.95. The molecule has 0 heterocycles. The Labute approximate surface area is 117 Å². The van der Waals surface area contributed by atoms with E-state index in [0.29, 0.717) is 17.6 Å². The van der Waals surface area contributed by atoms with Crippen molar-refractivity contribution in [3.8, 4) is 0 Å². The summed E-state index contributed by atoms with van der Waals surface area (Å²) in [7, 11) is 1.29. The number of nitrogen functional groups attached to an aromatic ring is 1. The zero-order chi connectivity index (χ0) is 14.3. The van der Waals surface area contributed by atoms with Gasteiger partial charge in [-0.25, -0.2) is 9.18 Å². The van der Waals surface area contributed by atoms with E-state index in [1.807, 2.05) is 0 Å². The van der Waals surface area contributed by atoms with Crippen molar-refractivity contribution in [1.29, 1.82) is 0 Å². The summed E-state index contributed by atoms with van der Waals surface area (Å²) in [5.41, 5.74) is 6.32. The van der Waals surface area contributed by atoms with E-state index in [9.17, 15) is 9.18 Å². The molecule has 0 amide bonds. The van der Waals surface area contributed by atoms with E-state index in [1.54, 1.807) is 0 Å². The van der Waals surface area contributed by atoms with Crippen molar-refractivity contribution in [1.82, 2.24) is 0 Å². The Morgan fingerprint density at radius 3 is 2.80 bits per heavy atom. The molecule has 0 saturated heterocycles. The van der Waals surface area contributed by atoms with Crippen LogP contribution < -0.4 is 11.1 Å². The molecule has 20 heavy (non-hydrogen) atoms. The number of methoxy groups -OCH3 is 1. The van der Waals surface area contributed by atoms with E-state index in [2.05, 4.69) is 10.1 Å². The smallest absolute Gasteiger partial charge is 0.340 e. The van der Waals surface area contributed by atoms with Gasteiger partial charge in [-0.1, -0.05) is 6.42 Å². The van der Waals surface area contributed by atoms with Gasteiger partial charge in [-0.15, -0.1) is 0 Å². The minimum Gasteiger partial charge on any atom is -0.465 e. The summed E-state index contributed by atoms with van der Waals surface area (Å²) in [5, 5.41) is 3.25. The average molecular weight is 278 g/mol. The molecule has 2 fully saturated rings. The largest absolute Gasteiger partial charge is 0.465 e. The number of ether oxygens (including phenoxy) is 1. The molecule has 0 radical (unpaired) electrons. The highest BCUT2D eigenvalue weighted by Gasteiger charge is 2.39. The summed E-state index contributed by atoms with van der Waals surface area (Å²) >= 11 is 0. The number of carbonyl (C=O) groups excluding carboxylic acids is 1. The molecule has 1 aromatic rings. The van der Waals surface area contributed by atoms with Crippen LogP contribution in [0.1, 0.15) is 36.0 Å². The molecular weight excluding hydrogens is 259 g/mol. The maximum atomic E-state index is 14.0. The Bertz CT molecular complexity index is 547. The number of nitrogens with one attached hydrogen (secondary N) is 1. The van der Waals surface area contributed by atoms with E-state index in [4.69, 9.17) is 5.73 Å². The van der Waals surface area contributed by atoms with E-state index in [0.717, 1.165) is 12.3 Å². The van der Waals surface area contributed by atoms with Crippen LogP contribution in [0.5, 0.6) is 0 Å². The highest BCUT2D eigenvalue weighted by molar-refractivity contribution is 5.96. The lowest BCUT2D eigenvalue weighted by atomic mass is 9.95. The maximum Gasteiger partial charge on any atom is 0.340 e. The second-order valence-electron chi connectivity index (χ2n) is 5.84. The van der Waals surface area contributed by atoms with Crippen molar-refractivity contribution < 1.29 is 13.9 Å². The molecule has 2 aliphatic carbocycles. The van der Waals surface area contributed by atoms with E-state index in [-0.39, 0.29) is 11.3 Å². The summed E-state index contributed by atoms with van der Waals surface area (Å²) < 4.78 is 18.7. The Balaban J connectivity index is 1.84. The molecule has 3 unspecified atom stereocenters. The van der Waals surface area contributed by atoms with Crippen LogP contribution >= 0.6 is 0 Å². The number of hydrogen-bond acceptors (Lipinski definition) is 4. The van der Waals surface area contributed by atoms with Crippen LogP contribution in [0, 0.1) is 17.7 Å². The number of benzene rings is 1. The summed E-state index contributed by atoms with van der Waals surface area (Å²) in [6.45, 7) is 0. The monoisotopic (exact) mass is 278 g/mol. The number of anilines is 2.